The van der Waals surface area contributed by atoms with Crippen LogP contribution in [0.25, 0.3) is 0 Å². The summed E-state index contributed by atoms with van der Waals surface area (Å²) in [4.78, 5) is 2.64. The summed E-state index contributed by atoms with van der Waals surface area (Å²) in [7, 11) is 0. The monoisotopic (exact) mass is 393 g/mol. The Kier molecular flexibility index (Phi) is 5.39. The summed E-state index contributed by atoms with van der Waals surface area (Å²) in [6.45, 7) is 0. The van der Waals surface area contributed by atoms with Crippen molar-refractivity contribution in [2.45, 2.75) is 86.1 Å². The maximum Gasteiger partial charge on any atom is 0.0527 e. The Labute approximate surface area is 173 Å². The molecule has 0 spiro atoms. The van der Waals surface area contributed by atoms with Crippen LogP contribution in [-0.4, -0.2) is 12.1 Å². The number of anilines is 4. The van der Waals surface area contributed by atoms with Crippen LogP contribution in [0.2, 0.25) is 0 Å². The Morgan fingerprint density at radius 1 is 0.643 bits per heavy atom. The summed E-state index contributed by atoms with van der Waals surface area (Å²) in [6.07, 6.45) is 13.5. The van der Waals surface area contributed by atoms with E-state index >= 15 is 0 Å². The maximum absolute atomic E-state index is 3.77. The first-order valence-corrected chi connectivity index (χ1v) is 11.9. The molecule has 2 aromatic carbocycles. The Morgan fingerprint density at radius 3 is 1.57 bits per heavy atom. The van der Waals surface area contributed by atoms with Crippen molar-refractivity contribution in [1.82, 2.24) is 0 Å². The molecular formula is C24H31N3S. The highest BCUT2D eigenvalue weighted by Crippen LogP contribution is 2.46. The molecule has 3 nitrogen and oxygen atoms in total. The second kappa shape index (κ2) is 8.28. The molecule has 5 rings (SSSR count). The Hall–Kier alpha value is -1.81. The summed E-state index contributed by atoms with van der Waals surface area (Å²) in [5, 5.41) is 11.2. The topological polar surface area (TPSA) is 36.1 Å². The molecule has 28 heavy (non-hydrogen) atoms. The van der Waals surface area contributed by atoms with Gasteiger partial charge in [0.05, 0.1) is 11.4 Å². The van der Waals surface area contributed by atoms with E-state index in [0.717, 1.165) is 0 Å². The molecular weight excluding hydrogens is 362 g/mol. The normalized spacial score (nSPS) is 20.0. The van der Waals surface area contributed by atoms with E-state index in [1.54, 1.807) is 0 Å². The fourth-order valence-corrected chi connectivity index (χ4v) is 5.90. The summed E-state index contributed by atoms with van der Waals surface area (Å²) < 4.78 is 0. The van der Waals surface area contributed by atoms with E-state index in [9.17, 15) is 0 Å². The van der Waals surface area contributed by atoms with Gasteiger partial charge in [-0.2, -0.15) is 0 Å². The van der Waals surface area contributed by atoms with Crippen LogP contribution in [0, 0.1) is 0 Å². The summed E-state index contributed by atoms with van der Waals surface area (Å²) in [6, 6.07) is 14.8. The van der Waals surface area contributed by atoms with Crippen molar-refractivity contribution in [3.05, 3.63) is 36.4 Å². The molecule has 2 aliphatic carbocycles. The zero-order chi connectivity index (χ0) is 18.8. The third-order valence-electron chi connectivity index (χ3n) is 6.40. The molecule has 0 aromatic heterocycles. The SMILES string of the molecule is c1cc2c(cc1NC1CCCCC1)Sc1cc(NC3CCCCC3)ccc1N2. The molecule has 0 unspecified atom stereocenters. The maximum atomic E-state index is 3.77. The van der Waals surface area contributed by atoms with Gasteiger partial charge in [-0.3, -0.25) is 0 Å². The summed E-state index contributed by atoms with van der Waals surface area (Å²) in [5.41, 5.74) is 4.97. The van der Waals surface area contributed by atoms with E-state index in [4.69, 9.17) is 0 Å². The van der Waals surface area contributed by atoms with E-state index in [0.29, 0.717) is 12.1 Å². The fourth-order valence-electron chi connectivity index (χ4n) is 4.83. The van der Waals surface area contributed by atoms with E-state index in [-0.39, 0.29) is 0 Å². The van der Waals surface area contributed by atoms with Gasteiger partial charge in [-0.15, -0.1) is 0 Å². The third kappa shape index (κ3) is 4.12. The van der Waals surface area contributed by atoms with Crippen LogP contribution >= 0.6 is 11.8 Å². The van der Waals surface area contributed by atoms with Gasteiger partial charge in [0, 0.05) is 33.2 Å². The van der Waals surface area contributed by atoms with Gasteiger partial charge in [-0.25, -0.2) is 0 Å². The van der Waals surface area contributed by atoms with Gasteiger partial charge < -0.3 is 16.0 Å². The molecule has 0 bridgehead atoms. The minimum absolute atomic E-state index is 0.645. The second-order valence-electron chi connectivity index (χ2n) is 8.61. The van der Waals surface area contributed by atoms with Gasteiger partial charge in [0.2, 0.25) is 0 Å². The van der Waals surface area contributed by atoms with Crippen molar-refractivity contribution in [2.24, 2.45) is 0 Å². The Balaban J connectivity index is 1.30. The fraction of sp³-hybridized carbons (Fsp3) is 0.500. The lowest BCUT2D eigenvalue weighted by Crippen LogP contribution is -2.22. The first kappa shape index (κ1) is 18.2. The number of fused-ring (bicyclic) bond motifs is 2. The van der Waals surface area contributed by atoms with Crippen LogP contribution in [0.15, 0.2) is 46.2 Å². The predicted octanol–water partition coefficient (Wildman–Crippen LogP) is 7.38. The highest BCUT2D eigenvalue weighted by atomic mass is 32.2. The zero-order valence-corrected chi connectivity index (χ0v) is 17.4. The molecule has 1 aliphatic heterocycles. The number of nitrogens with one attached hydrogen (secondary N) is 3. The molecule has 0 atom stereocenters. The molecule has 148 valence electrons. The number of benzene rings is 2. The van der Waals surface area contributed by atoms with Crippen LogP contribution in [0.1, 0.15) is 64.2 Å². The van der Waals surface area contributed by atoms with Crippen LogP contribution < -0.4 is 16.0 Å². The molecule has 3 aliphatic rings. The number of hydrogen-bond acceptors (Lipinski definition) is 4. The Bertz CT molecular complexity index is 755. The second-order valence-corrected chi connectivity index (χ2v) is 9.69. The van der Waals surface area contributed by atoms with E-state index in [1.807, 2.05) is 11.8 Å². The van der Waals surface area contributed by atoms with Crippen molar-refractivity contribution in [1.29, 1.82) is 0 Å². The van der Waals surface area contributed by atoms with Crippen LogP contribution in [0.4, 0.5) is 22.7 Å². The lowest BCUT2D eigenvalue weighted by molar-refractivity contribution is 0.462. The predicted molar refractivity (Wildman–Crippen MR) is 121 cm³/mol. The van der Waals surface area contributed by atoms with Crippen molar-refractivity contribution >= 4 is 34.5 Å². The van der Waals surface area contributed by atoms with Gasteiger partial charge in [0.1, 0.15) is 0 Å². The first-order chi connectivity index (χ1) is 13.8. The zero-order valence-electron chi connectivity index (χ0n) is 16.6. The molecule has 0 saturated heterocycles. The minimum atomic E-state index is 0.645. The first-order valence-electron chi connectivity index (χ1n) is 11.1. The molecule has 0 radical (unpaired) electrons. The van der Waals surface area contributed by atoms with Gasteiger partial charge in [0.15, 0.2) is 0 Å². The lowest BCUT2D eigenvalue weighted by Gasteiger charge is -2.27. The smallest absolute Gasteiger partial charge is 0.0527 e. The van der Waals surface area contributed by atoms with E-state index in [1.165, 1.54) is 96.7 Å². The number of rotatable bonds is 4. The van der Waals surface area contributed by atoms with E-state index < -0.39 is 0 Å². The summed E-state index contributed by atoms with van der Waals surface area (Å²) >= 11 is 1.89. The standard InChI is InChI=1S/C24H31N3S/c1-3-7-17(8-4-1)25-19-11-13-21-23(15-19)28-24-16-20(12-14-22(24)27-21)26-18-9-5-2-6-10-18/h11-18,25-27H,1-10H2. The van der Waals surface area contributed by atoms with Crippen LogP contribution in [-0.2, 0) is 0 Å². The largest absolute Gasteiger partial charge is 0.382 e. The van der Waals surface area contributed by atoms with Gasteiger partial charge in [-0.1, -0.05) is 50.3 Å². The molecule has 0 amide bonds. The van der Waals surface area contributed by atoms with Crippen LogP contribution in [0.3, 0.4) is 0 Å². The third-order valence-corrected chi connectivity index (χ3v) is 7.52. The number of hydrogen-bond donors (Lipinski definition) is 3. The molecule has 2 fully saturated rings. The van der Waals surface area contributed by atoms with Crippen molar-refractivity contribution in [3.63, 3.8) is 0 Å². The van der Waals surface area contributed by atoms with E-state index in [2.05, 4.69) is 52.3 Å². The average molecular weight is 394 g/mol. The van der Waals surface area contributed by atoms with Gasteiger partial charge >= 0.3 is 0 Å². The van der Waals surface area contributed by atoms with Crippen molar-refractivity contribution < 1.29 is 0 Å². The van der Waals surface area contributed by atoms with Crippen molar-refractivity contribution in [3.8, 4) is 0 Å². The van der Waals surface area contributed by atoms with Gasteiger partial charge in [-0.05, 0) is 62.1 Å². The summed E-state index contributed by atoms with van der Waals surface area (Å²) in [5.74, 6) is 0. The molecule has 2 saturated carbocycles. The van der Waals surface area contributed by atoms with Crippen molar-refractivity contribution in [2.75, 3.05) is 16.0 Å². The highest BCUT2D eigenvalue weighted by Gasteiger charge is 2.19. The molecule has 1 heterocycles. The molecule has 4 heteroatoms. The van der Waals surface area contributed by atoms with Gasteiger partial charge in [0.25, 0.3) is 0 Å². The minimum Gasteiger partial charge on any atom is -0.382 e. The quantitative estimate of drug-likeness (QED) is 0.432. The van der Waals surface area contributed by atoms with Crippen LogP contribution in [0.5, 0.6) is 0 Å². The molecule has 2 aromatic rings. The lowest BCUT2D eigenvalue weighted by atomic mass is 9.95. The average Bonchev–Trinajstić information content (AvgIpc) is 2.74. The molecule has 3 N–H and O–H groups in total. The highest BCUT2D eigenvalue weighted by molar-refractivity contribution is 7.99. The Morgan fingerprint density at radius 2 is 1.11 bits per heavy atom.